The van der Waals surface area contributed by atoms with Crippen molar-refractivity contribution in [2.24, 2.45) is 0 Å². The minimum absolute atomic E-state index is 0.0410. The number of unbranched alkanes of at least 4 members (excludes halogenated alkanes) is 1. The predicted molar refractivity (Wildman–Crippen MR) is 67.9 cm³/mol. The highest BCUT2D eigenvalue weighted by Crippen LogP contribution is 2.06. The van der Waals surface area contributed by atoms with Crippen LogP contribution in [0.5, 0.6) is 0 Å². The lowest BCUT2D eigenvalue weighted by molar-refractivity contribution is -0.126. The van der Waals surface area contributed by atoms with E-state index in [0.717, 1.165) is 19.3 Å². The number of Topliss-reactive ketones (excluding diaryl/α,β-unsaturated/α-hetero) is 3. The molecule has 0 bridgehead atoms. The Kier molecular flexibility index (Phi) is 9.59. The monoisotopic (exact) mass is 240 g/mol. The summed E-state index contributed by atoms with van der Waals surface area (Å²) in [4.78, 5) is 34.0. The van der Waals surface area contributed by atoms with E-state index in [4.69, 9.17) is 0 Å². The van der Waals surface area contributed by atoms with Gasteiger partial charge in [-0.2, -0.15) is 0 Å². The number of carbonyl (C=O) groups is 3. The minimum Gasteiger partial charge on any atom is -0.300 e. The number of hydrogen-bond acceptors (Lipinski definition) is 3. The number of hydrogen-bond donors (Lipinski definition) is 0. The smallest absolute Gasteiger partial charge is 0.133 e. The molecule has 0 radical (unpaired) electrons. The summed E-state index contributed by atoms with van der Waals surface area (Å²) < 4.78 is 0. The summed E-state index contributed by atoms with van der Waals surface area (Å²) in [5.74, 6) is 0.359. The Bertz CT molecular complexity index is 256. The van der Waals surface area contributed by atoms with Gasteiger partial charge in [0.05, 0.1) is 0 Å². The molecule has 0 saturated heterocycles. The Morgan fingerprint density at radius 3 is 1.41 bits per heavy atom. The fourth-order valence-corrected chi connectivity index (χ4v) is 1.59. The lowest BCUT2D eigenvalue weighted by Gasteiger charge is -2.00. The third-order valence-electron chi connectivity index (χ3n) is 2.70. The average Bonchev–Trinajstić information content (AvgIpc) is 2.31. The van der Waals surface area contributed by atoms with Crippen LogP contribution in [0, 0.1) is 0 Å². The first-order chi connectivity index (χ1) is 8.10. The van der Waals surface area contributed by atoms with Crippen LogP contribution >= 0.6 is 0 Å². The fraction of sp³-hybridized carbons (Fsp3) is 0.786. The third kappa shape index (κ3) is 9.91. The zero-order valence-electron chi connectivity index (χ0n) is 11.1. The average molecular weight is 240 g/mol. The molecule has 0 aliphatic rings. The van der Waals surface area contributed by atoms with E-state index in [1.165, 1.54) is 0 Å². The molecule has 0 saturated carbocycles. The van der Waals surface area contributed by atoms with Gasteiger partial charge in [0.2, 0.25) is 0 Å². The van der Waals surface area contributed by atoms with E-state index in [9.17, 15) is 14.4 Å². The maximum absolute atomic E-state index is 11.4. The van der Waals surface area contributed by atoms with Crippen molar-refractivity contribution in [2.75, 3.05) is 0 Å². The minimum atomic E-state index is 0.0410. The van der Waals surface area contributed by atoms with Crippen molar-refractivity contribution >= 4 is 17.3 Å². The first-order valence-electron chi connectivity index (χ1n) is 6.65. The Hall–Kier alpha value is -0.990. The van der Waals surface area contributed by atoms with Crippen LogP contribution in [0.2, 0.25) is 0 Å². The van der Waals surface area contributed by atoms with E-state index >= 15 is 0 Å². The van der Waals surface area contributed by atoms with E-state index in [1.807, 2.05) is 13.8 Å². The van der Waals surface area contributed by atoms with Crippen molar-refractivity contribution in [2.45, 2.75) is 71.6 Å². The maximum Gasteiger partial charge on any atom is 0.133 e. The van der Waals surface area contributed by atoms with E-state index in [0.29, 0.717) is 38.5 Å². The van der Waals surface area contributed by atoms with Crippen LogP contribution in [0.3, 0.4) is 0 Å². The Labute approximate surface area is 104 Å². The summed E-state index contributed by atoms with van der Waals surface area (Å²) >= 11 is 0. The first-order valence-corrected chi connectivity index (χ1v) is 6.65. The molecule has 0 N–H and O–H groups in total. The molecule has 0 atom stereocenters. The lowest BCUT2D eigenvalue weighted by atomic mass is 10.0. The van der Waals surface area contributed by atoms with Gasteiger partial charge in [0.15, 0.2) is 0 Å². The lowest BCUT2D eigenvalue weighted by Crippen LogP contribution is -2.07. The van der Waals surface area contributed by atoms with Gasteiger partial charge in [-0.25, -0.2) is 0 Å². The standard InChI is InChI=1S/C14H24O3/c1-3-5-7-13(16)9-11-14(17)10-8-12(15)6-4-2/h3-11H2,1-2H3. The molecule has 3 heteroatoms. The van der Waals surface area contributed by atoms with Crippen LogP contribution in [-0.4, -0.2) is 17.3 Å². The molecule has 0 rings (SSSR count). The summed E-state index contributed by atoms with van der Waals surface area (Å²) in [6.45, 7) is 3.99. The molecule has 0 aromatic carbocycles. The van der Waals surface area contributed by atoms with E-state index in [2.05, 4.69) is 0 Å². The zero-order valence-corrected chi connectivity index (χ0v) is 11.1. The van der Waals surface area contributed by atoms with Crippen molar-refractivity contribution in [1.82, 2.24) is 0 Å². The van der Waals surface area contributed by atoms with Crippen molar-refractivity contribution in [3.8, 4) is 0 Å². The molecule has 0 amide bonds. The molecular weight excluding hydrogens is 216 g/mol. The summed E-state index contributed by atoms with van der Waals surface area (Å²) in [6, 6.07) is 0. The van der Waals surface area contributed by atoms with Crippen LogP contribution in [0.25, 0.3) is 0 Å². The Balaban J connectivity index is 3.59. The van der Waals surface area contributed by atoms with Crippen molar-refractivity contribution < 1.29 is 14.4 Å². The molecule has 0 aromatic heterocycles. The van der Waals surface area contributed by atoms with Crippen LogP contribution < -0.4 is 0 Å². The largest absolute Gasteiger partial charge is 0.300 e. The van der Waals surface area contributed by atoms with Crippen LogP contribution in [0.4, 0.5) is 0 Å². The molecule has 0 spiro atoms. The Morgan fingerprint density at radius 2 is 1.00 bits per heavy atom. The normalized spacial score (nSPS) is 10.2. The van der Waals surface area contributed by atoms with Gasteiger partial charge in [0.1, 0.15) is 17.3 Å². The second-order valence-corrected chi connectivity index (χ2v) is 4.47. The number of ketones is 3. The summed E-state index contributed by atoms with van der Waals surface area (Å²) in [5, 5.41) is 0. The van der Waals surface area contributed by atoms with Gasteiger partial charge < -0.3 is 0 Å². The molecule has 0 aromatic rings. The second-order valence-electron chi connectivity index (χ2n) is 4.47. The van der Waals surface area contributed by atoms with Gasteiger partial charge in [0, 0.05) is 38.5 Å². The molecule has 17 heavy (non-hydrogen) atoms. The first kappa shape index (κ1) is 16.0. The quantitative estimate of drug-likeness (QED) is 0.557. The molecule has 0 fully saturated rings. The second kappa shape index (κ2) is 10.2. The Morgan fingerprint density at radius 1 is 0.588 bits per heavy atom. The molecule has 0 unspecified atom stereocenters. The highest BCUT2D eigenvalue weighted by atomic mass is 16.1. The molecule has 0 aliphatic carbocycles. The van der Waals surface area contributed by atoms with Gasteiger partial charge in [-0.15, -0.1) is 0 Å². The fourth-order valence-electron chi connectivity index (χ4n) is 1.59. The predicted octanol–water partition coefficient (Wildman–Crippen LogP) is 3.24. The van der Waals surface area contributed by atoms with Crippen LogP contribution in [0.15, 0.2) is 0 Å². The summed E-state index contributed by atoms with van der Waals surface area (Å²) in [5.41, 5.74) is 0. The van der Waals surface area contributed by atoms with Crippen molar-refractivity contribution in [3.63, 3.8) is 0 Å². The van der Waals surface area contributed by atoms with Gasteiger partial charge in [-0.1, -0.05) is 20.3 Å². The summed E-state index contributed by atoms with van der Waals surface area (Å²) in [7, 11) is 0. The topological polar surface area (TPSA) is 51.2 Å². The van der Waals surface area contributed by atoms with Gasteiger partial charge in [-0.3, -0.25) is 14.4 Å². The highest BCUT2D eigenvalue weighted by molar-refractivity contribution is 5.89. The zero-order chi connectivity index (χ0) is 13.1. The van der Waals surface area contributed by atoms with E-state index in [-0.39, 0.29) is 17.3 Å². The van der Waals surface area contributed by atoms with Crippen LogP contribution in [-0.2, 0) is 14.4 Å². The van der Waals surface area contributed by atoms with Gasteiger partial charge >= 0.3 is 0 Å². The van der Waals surface area contributed by atoms with E-state index in [1.54, 1.807) is 0 Å². The summed E-state index contributed by atoms with van der Waals surface area (Å²) in [6.07, 6.45) is 5.19. The molecule has 3 nitrogen and oxygen atoms in total. The third-order valence-corrected chi connectivity index (χ3v) is 2.70. The van der Waals surface area contributed by atoms with Crippen LogP contribution in [0.1, 0.15) is 71.6 Å². The maximum atomic E-state index is 11.4. The number of rotatable bonds is 11. The number of carbonyl (C=O) groups excluding carboxylic acids is 3. The molecule has 0 heterocycles. The van der Waals surface area contributed by atoms with E-state index < -0.39 is 0 Å². The molecule has 0 aliphatic heterocycles. The molecular formula is C14H24O3. The van der Waals surface area contributed by atoms with Crippen molar-refractivity contribution in [3.05, 3.63) is 0 Å². The van der Waals surface area contributed by atoms with Crippen molar-refractivity contribution in [1.29, 1.82) is 0 Å². The highest BCUT2D eigenvalue weighted by Gasteiger charge is 2.09. The van der Waals surface area contributed by atoms with Gasteiger partial charge in [-0.05, 0) is 12.8 Å². The van der Waals surface area contributed by atoms with Gasteiger partial charge in [0.25, 0.3) is 0 Å². The molecule has 98 valence electrons. The SMILES string of the molecule is CCCCC(=O)CCC(=O)CCC(=O)CCC.